The monoisotopic (exact) mass is 408 g/mol. The molecular weight excluding hydrogens is 383 g/mol. The fourth-order valence-electron chi connectivity index (χ4n) is 3.76. The Bertz CT molecular complexity index is 1030. The molecule has 1 aromatic heterocycles. The molecule has 1 N–H and O–H groups in total. The largest absolute Gasteiger partial charge is 0.338 e. The lowest BCUT2D eigenvalue weighted by molar-refractivity contribution is -0.121. The van der Waals surface area contributed by atoms with Crippen molar-refractivity contribution in [1.29, 1.82) is 0 Å². The van der Waals surface area contributed by atoms with Crippen LogP contribution in [-0.2, 0) is 11.3 Å². The summed E-state index contributed by atoms with van der Waals surface area (Å²) in [5, 5.41) is 7.08. The highest BCUT2D eigenvalue weighted by molar-refractivity contribution is 5.93. The summed E-state index contributed by atoms with van der Waals surface area (Å²) in [6, 6.07) is 11.9. The van der Waals surface area contributed by atoms with E-state index in [1.165, 1.54) is 12.1 Å². The van der Waals surface area contributed by atoms with E-state index in [1.54, 1.807) is 12.1 Å². The van der Waals surface area contributed by atoms with Gasteiger partial charge in [-0.3, -0.25) is 9.69 Å². The first-order valence-corrected chi connectivity index (χ1v) is 10.2. The molecule has 156 valence electrons. The molecule has 0 aliphatic carbocycles. The van der Waals surface area contributed by atoms with E-state index in [4.69, 9.17) is 4.52 Å². The normalized spacial score (nSPS) is 17.1. The molecule has 3 aromatic rings. The van der Waals surface area contributed by atoms with Crippen molar-refractivity contribution in [3.63, 3.8) is 0 Å². The first kappa shape index (κ1) is 20.2. The van der Waals surface area contributed by atoms with E-state index >= 15 is 0 Å². The average Bonchev–Trinajstić information content (AvgIpc) is 3.20. The minimum absolute atomic E-state index is 0.0472. The number of hydrogen-bond donors (Lipinski definition) is 1. The maximum absolute atomic E-state index is 13.1. The number of amides is 1. The van der Waals surface area contributed by atoms with Crippen LogP contribution in [0.1, 0.15) is 29.9 Å². The van der Waals surface area contributed by atoms with Crippen LogP contribution in [0, 0.1) is 25.6 Å². The van der Waals surface area contributed by atoms with Crippen LogP contribution < -0.4 is 5.32 Å². The Kier molecular flexibility index (Phi) is 5.90. The zero-order valence-electron chi connectivity index (χ0n) is 17.2. The molecule has 1 fully saturated rings. The van der Waals surface area contributed by atoms with Gasteiger partial charge in [-0.15, -0.1) is 0 Å². The summed E-state index contributed by atoms with van der Waals surface area (Å²) >= 11 is 0. The molecule has 6 nitrogen and oxygen atoms in total. The molecule has 7 heteroatoms. The number of carbonyl (C=O) groups is 1. The van der Waals surface area contributed by atoms with Crippen LogP contribution in [0.3, 0.4) is 0 Å². The molecule has 0 saturated carbocycles. The third-order valence-electron chi connectivity index (χ3n) is 5.67. The van der Waals surface area contributed by atoms with Crippen molar-refractivity contribution in [2.75, 3.05) is 18.4 Å². The Morgan fingerprint density at radius 1 is 1.23 bits per heavy atom. The number of nitrogens with one attached hydrogen (secondary N) is 1. The number of halogens is 1. The van der Waals surface area contributed by atoms with Crippen molar-refractivity contribution in [3.8, 4) is 11.4 Å². The van der Waals surface area contributed by atoms with Gasteiger partial charge >= 0.3 is 0 Å². The van der Waals surface area contributed by atoms with Crippen molar-refractivity contribution < 1.29 is 13.7 Å². The third kappa shape index (κ3) is 4.57. The summed E-state index contributed by atoms with van der Waals surface area (Å²) < 4.78 is 18.5. The molecule has 1 unspecified atom stereocenters. The number of carbonyl (C=O) groups excluding carboxylic acids is 1. The summed E-state index contributed by atoms with van der Waals surface area (Å²) in [5.41, 5.74) is 3.83. The minimum atomic E-state index is -0.305. The van der Waals surface area contributed by atoms with Gasteiger partial charge in [0.1, 0.15) is 5.82 Å². The van der Waals surface area contributed by atoms with Crippen molar-refractivity contribution >= 4 is 11.6 Å². The number of aryl methyl sites for hydroxylation is 1. The van der Waals surface area contributed by atoms with Gasteiger partial charge in [-0.2, -0.15) is 4.98 Å². The third-order valence-corrected chi connectivity index (χ3v) is 5.67. The highest BCUT2D eigenvalue weighted by Gasteiger charge is 2.27. The van der Waals surface area contributed by atoms with Crippen LogP contribution >= 0.6 is 0 Å². The molecule has 1 aliphatic heterocycles. The van der Waals surface area contributed by atoms with Gasteiger partial charge in [0.25, 0.3) is 0 Å². The number of benzene rings is 2. The second-order valence-electron chi connectivity index (χ2n) is 7.83. The van der Waals surface area contributed by atoms with Crippen LogP contribution in [-0.4, -0.2) is 34.0 Å². The molecule has 4 rings (SSSR count). The van der Waals surface area contributed by atoms with E-state index in [-0.39, 0.29) is 17.6 Å². The Balaban J connectivity index is 1.38. The number of piperidine rings is 1. The van der Waals surface area contributed by atoms with Crippen molar-refractivity contribution in [2.45, 2.75) is 33.2 Å². The maximum Gasteiger partial charge on any atom is 0.241 e. The van der Waals surface area contributed by atoms with Gasteiger partial charge < -0.3 is 9.84 Å². The zero-order valence-corrected chi connectivity index (χ0v) is 17.2. The quantitative estimate of drug-likeness (QED) is 0.680. The number of aromatic nitrogens is 2. The second-order valence-corrected chi connectivity index (χ2v) is 7.83. The van der Waals surface area contributed by atoms with Gasteiger partial charge in [0, 0.05) is 17.8 Å². The molecule has 1 atom stereocenters. The topological polar surface area (TPSA) is 71.3 Å². The summed E-state index contributed by atoms with van der Waals surface area (Å²) in [6.07, 6.45) is 1.79. The lowest BCUT2D eigenvalue weighted by atomic mass is 9.96. The molecule has 0 spiro atoms. The maximum atomic E-state index is 13.1. The summed E-state index contributed by atoms with van der Waals surface area (Å²) in [6.45, 7) is 6.07. The number of rotatable bonds is 5. The zero-order chi connectivity index (χ0) is 21.1. The Morgan fingerprint density at radius 3 is 2.83 bits per heavy atom. The van der Waals surface area contributed by atoms with E-state index in [9.17, 15) is 9.18 Å². The Hall–Kier alpha value is -3.06. The number of anilines is 1. The fraction of sp³-hybridized carbons (Fsp3) is 0.348. The SMILES string of the molecule is Cc1cccc(NC(=O)C2CCCN(Cc3nc(-c4ccc(F)cc4)no3)C2)c1C. The lowest BCUT2D eigenvalue weighted by Gasteiger charge is -2.31. The second kappa shape index (κ2) is 8.75. The molecule has 30 heavy (non-hydrogen) atoms. The van der Waals surface area contributed by atoms with Gasteiger partial charge in [0.2, 0.25) is 17.6 Å². The van der Waals surface area contributed by atoms with Crippen LogP contribution in [0.2, 0.25) is 0 Å². The molecule has 0 radical (unpaired) electrons. The molecule has 1 aliphatic rings. The molecular formula is C23H25FN4O2. The molecule has 2 heterocycles. The first-order chi connectivity index (χ1) is 14.5. The van der Waals surface area contributed by atoms with Crippen LogP contribution in [0.25, 0.3) is 11.4 Å². The van der Waals surface area contributed by atoms with Gasteiger partial charge in [0.15, 0.2) is 0 Å². The number of nitrogens with zero attached hydrogens (tertiary/aromatic N) is 3. The van der Waals surface area contributed by atoms with E-state index in [0.717, 1.165) is 36.2 Å². The molecule has 2 aromatic carbocycles. The molecule has 0 bridgehead atoms. The lowest BCUT2D eigenvalue weighted by Crippen LogP contribution is -2.40. The average molecular weight is 408 g/mol. The van der Waals surface area contributed by atoms with Gasteiger partial charge in [-0.25, -0.2) is 4.39 Å². The van der Waals surface area contributed by atoms with Crippen molar-refractivity contribution in [3.05, 3.63) is 65.3 Å². The van der Waals surface area contributed by atoms with Crippen LogP contribution in [0.4, 0.5) is 10.1 Å². The minimum Gasteiger partial charge on any atom is -0.338 e. The first-order valence-electron chi connectivity index (χ1n) is 10.2. The fourth-order valence-corrected chi connectivity index (χ4v) is 3.76. The number of likely N-dealkylation sites (tertiary alicyclic amines) is 1. The van der Waals surface area contributed by atoms with Crippen molar-refractivity contribution in [2.24, 2.45) is 5.92 Å². The molecule has 1 amide bonds. The van der Waals surface area contributed by atoms with Crippen LogP contribution in [0.15, 0.2) is 47.0 Å². The predicted molar refractivity (Wildman–Crippen MR) is 112 cm³/mol. The smallest absolute Gasteiger partial charge is 0.241 e. The van der Waals surface area contributed by atoms with E-state index in [0.29, 0.717) is 30.4 Å². The van der Waals surface area contributed by atoms with Crippen LogP contribution in [0.5, 0.6) is 0 Å². The predicted octanol–water partition coefficient (Wildman–Crippen LogP) is 4.34. The summed E-state index contributed by atoms with van der Waals surface area (Å²) in [7, 11) is 0. The van der Waals surface area contributed by atoms with Gasteiger partial charge in [-0.05, 0) is 74.7 Å². The van der Waals surface area contributed by atoms with E-state index in [2.05, 4.69) is 20.4 Å². The van der Waals surface area contributed by atoms with Gasteiger partial charge in [-0.1, -0.05) is 17.3 Å². The van der Waals surface area contributed by atoms with Crippen molar-refractivity contribution in [1.82, 2.24) is 15.0 Å². The highest BCUT2D eigenvalue weighted by Crippen LogP contribution is 2.23. The molecule has 1 saturated heterocycles. The highest BCUT2D eigenvalue weighted by atomic mass is 19.1. The Morgan fingerprint density at radius 2 is 2.03 bits per heavy atom. The summed E-state index contributed by atoms with van der Waals surface area (Å²) in [4.78, 5) is 19.4. The van der Waals surface area contributed by atoms with Gasteiger partial charge in [0.05, 0.1) is 12.5 Å². The summed E-state index contributed by atoms with van der Waals surface area (Å²) in [5.74, 6) is 0.584. The standard InChI is InChI=1S/C23H25FN4O2/c1-15-5-3-7-20(16(15)2)25-23(29)18-6-4-12-28(13-18)14-21-26-22(27-30-21)17-8-10-19(24)11-9-17/h3,5,7-11,18H,4,6,12-14H2,1-2H3,(H,25,29). The van der Waals surface area contributed by atoms with E-state index in [1.807, 2.05) is 32.0 Å². The van der Waals surface area contributed by atoms with E-state index < -0.39 is 0 Å². The Labute approximate surface area is 175 Å². The number of hydrogen-bond acceptors (Lipinski definition) is 5.